The van der Waals surface area contributed by atoms with E-state index >= 15 is 4.57 Å². The number of hydrogen-bond acceptors (Lipinski definition) is 4. The summed E-state index contributed by atoms with van der Waals surface area (Å²) in [6.45, 7) is 0. The Morgan fingerprint density at radius 2 is 0.419 bits per heavy atom. The van der Waals surface area contributed by atoms with Crippen LogP contribution in [0.15, 0.2) is 326 Å². The number of hydrogen-bond donors (Lipinski definition) is 0. The molecule has 0 radical (unpaired) electrons. The molecule has 0 aliphatic carbocycles. The largest absolute Gasteiger partial charge is 0.309 e. The van der Waals surface area contributed by atoms with Gasteiger partial charge in [-0.1, -0.05) is 325 Å². The van der Waals surface area contributed by atoms with Crippen molar-refractivity contribution in [2.24, 2.45) is 0 Å². The normalized spacial score (nSPS) is 12.0. The van der Waals surface area contributed by atoms with Crippen LogP contribution in [0.5, 0.6) is 0 Å². The van der Waals surface area contributed by atoms with E-state index in [2.05, 4.69) is 307 Å². The summed E-state index contributed by atoms with van der Waals surface area (Å²) in [4.78, 5) is 16.0. The van der Waals surface area contributed by atoms with Gasteiger partial charge in [-0.05, 0) is 61.1 Å². The Bertz CT molecular complexity index is 5810. The van der Waals surface area contributed by atoms with E-state index in [0.29, 0.717) is 0 Å². The van der Waals surface area contributed by atoms with Crippen LogP contribution in [-0.4, -0.2) is 15.0 Å². The smallest absolute Gasteiger partial charge is 0.171 e. The molecule has 3 aromatic heterocycles. The van der Waals surface area contributed by atoms with Crippen LogP contribution in [0.2, 0.25) is 0 Å². The Hall–Kier alpha value is -11.2. The van der Waals surface area contributed by atoms with Crippen molar-refractivity contribution in [2.45, 2.75) is 0 Å². The molecule has 19 aromatic rings. The van der Waals surface area contributed by atoms with Crippen LogP contribution in [0, 0.1) is 0 Å². The van der Waals surface area contributed by atoms with Crippen LogP contribution < -0.4 is 15.9 Å². The predicted octanol–water partition coefficient (Wildman–Crippen LogP) is 22.8. The number of rotatable bonds is 6. The molecule has 0 bridgehead atoms. The summed E-state index contributed by atoms with van der Waals surface area (Å²) in [6, 6.07) is 113. The van der Waals surface area contributed by atoms with Crippen molar-refractivity contribution < 1.29 is 4.57 Å². The van der Waals surface area contributed by atoms with E-state index < -0.39 is 7.14 Å². The van der Waals surface area contributed by atoms with Gasteiger partial charge in [0.1, 0.15) is 0 Å². The molecule has 0 amide bonds. The number of halogens is 1. The summed E-state index contributed by atoms with van der Waals surface area (Å²) in [5, 5.41) is 23.1. The third kappa shape index (κ3) is 8.95. The van der Waals surface area contributed by atoms with Gasteiger partial charge < -0.3 is 4.57 Å². The summed E-state index contributed by atoms with van der Waals surface area (Å²) in [5.41, 5.74) is 12.8. The lowest BCUT2D eigenvalue weighted by atomic mass is 9.92. The molecule has 16 aromatic carbocycles. The highest BCUT2D eigenvalue weighted by atomic mass is 79.9. The molecule has 3 heterocycles. The Morgan fingerprint density at radius 1 is 0.204 bits per heavy atom. The Morgan fingerprint density at radius 3 is 0.677 bits per heavy atom. The number of pyridine rings is 3. The van der Waals surface area contributed by atoms with Gasteiger partial charge >= 0.3 is 0 Å². The lowest BCUT2D eigenvalue weighted by molar-refractivity contribution is 0.592. The van der Waals surface area contributed by atoms with Crippen LogP contribution in [-0.2, 0) is 4.57 Å². The molecule has 434 valence electrons. The average molecular weight is 1270 g/mol. The van der Waals surface area contributed by atoms with E-state index in [1.807, 2.05) is 30.3 Å². The molecule has 0 saturated carbocycles. The SMILES string of the molecule is Brc1ccc(-c2c3ccc4ccccc4c3nc3c2ccc2ccccc23)cc1.O=P(c1ccccc1)(c1ccc(-c2c3ccc4ccccc4c3nc3c2ccc2ccccc23)cc1)c1ccc(-c2c3ccc4ccccc4c3nc3c2ccc2ccccc23)cc1. The van der Waals surface area contributed by atoms with E-state index in [1.54, 1.807) is 0 Å². The second-order valence-electron chi connectivity index (χ2n) is 24.1. The highest BCUT2D eigenvalue weighted by molar-refractivity contribution is 9.10. The van der Waals surface area contributed by atoms with Crippen LogP contribution in [0.4, 0.5) is 0 Å². The molecule has 93 heavy (non-hydrogen) atoms. The second kappa shape index (κ2) is 22.0. The van der Waals surface area contributed by atoms with Gasteiger partial charge in [-0.3, -0.25) is 0 Å². The fourth-order valence-corrected chi connectivity index (χ4v) is 17.4. The van der Waals surface area contributed by atoms with Gasteiger partial charge in [0.2, 0.25) is 0 Å². The third-order valence-electron chi connectivity index (χ3n) is 19.0. The number of benzene rings is 16. The van der Waals surface area contributed by atoms with Crippen LogP contribution in [0.3, 0.4) is 0 Å². The summed E-state index contributed by atoms with van der Waals surface area (Å²) in [5.74, 6) is 0. The van der Waals surface area contributed by atoms with Crippen molar-refractivity contribution in [2.75, 3.05) is 0 Å². The van der Waals surface area contributed by atoms with Crippen molar-refractivity contribution in [3.63, 3.8) is 0 Å². The standard InChI is InChI=1S/C60H37N2OP.C27H16BrN/c63-64(44-16-2-1-3-17-44,45-30-22-42(23-31-45)55-51-34-26-38-12-4-8-18-47(38)57(51)61-58-48-19-9-5-13-39(48)27-35-52(55)58)46-32-24-43(25-33-46)56-53-36-28-40-14-6-10-20-49(40)59(53)62-60-50-21-11-7-15-41(50)29-37-54(56)60;28-20-13-9-19(10-14-20)25-23-15-11-17-5-1-3-7-21(17)26(23)29-27-22-8-4-2-6-18(22)12-16-24(25)27/h1-37H;1-16H. The number of fused-ring (bicyclic) bond motifs is 18. The first-order valence-corrected chi connectivity index (χ1v) is 33.9. The predicted molar refractivity (Wildman–Crippen MR) is 400 cm³/mol. The van der Waals surface area contributed by atoms with Crippen molar-refractivity contribution in [3.8, 4) is 33.4 Å². The summed E-state index contributed by atoms with van der Waals surface area (Å²) in [6.07, 6.45) is 0. The zero-order valence-electron chi connectivity index (χ0n) is 50.2. The monoisotopic (exact) mass is 1270 g/mol. The van der Waals surface area contributed by atoms with Gasteiger partial charge in [0.15, 0.2) is 7.14 Å². The first-order valence-electron chi connectivity index (χ1n) is 31.4. The van der Waals surface area contributed by atoms with E-state index in [0.717, 1.165) is 140 Å². The molecule has 0 saturated heterocycles. The molecular formula is C87H53BrN3OP. The third-order valence-corrected chi connectivity index (χ3v) is 22.6. The van der Waals surface area contributed by atoms with Crippen LogP contribution >= 0.6 is 23.1 Å². The molecule has 6 heteroatoms. The van der Waals surface area contributed by atoms with E-state index in [9.17, 15) is 0 Å². The molecule has 0 aliphatic heterocycles. The highest BCUT2D eigenvalue weighted by Gasteiger charge is 2.31. The van der Waals surface area contributed by atoms with Crippen molar-refractivity contribution in [3.05, 3.63) is 326 Å². The fraction of sp³-hybridized carbons (Fsp3) is 0. The molecule has 4 nitrogen and oxygen atoms in total. The van der Waals surface area contributed by atoms with Gasteiger partial charge in [0, 0.05) is 102 Å². The molecule has 0 N–H and O–H groups in total. The lowest BCUT2D eigenvalue weighted by Crippen LogP contribution is -2.25. The zero-order chi connectivity index (χ0) is 61.7. The number of aromatic nitrogens is 3. The Labute approximate surface area is 544 Å². The van der Waals surface area contributed by atoms with E-state index in [4.69, 9.17) is 15.0 Å². The molecule has 19 rings (SSSR count). The molecular weight excluding hydrogens is 1210 g/mol. The van der Waals surface area contributed by atoms with E-state index in [1.165, 1.54) is 43.4 Å². The molecule has 0 aliphatic rings. The Kier molecular flexibility index (Phi) is 13.0. The first-order chi connectivity index (χ1) is 45.9. The zero-order valence-corrected chi connectivity index (χ0v) is 52.7. The van der Waals surface area contributed by atoms with Gasteiger partial charge in [0.25, 0.3) is 0 Å². The quantitative estimate of drug-likeness (QED) is 0.0946. The minimum absolute atomic E-state index is 0.784. The Balaban J connectivity index is 0.000000182. The van der Waals surface area contributed by atoms with Crippen molar-refractivity contribution in [1.82, 2.24) is 15.0 Å². The number of nitrogens with zero attached hydrogens (tertiary/aromatic N) is 3. The topological polar surface area (TPSA) is 55.7 Å². The van der Waals surface area contributed by atoms with Gasteiger partial charge in [0.05, 0.1) is 33.1 Å². The lowest BCUT2D eigenvalue weighted by Gasteiger charge is -2.21. The fourth-order valence-electron chi connectivity index (χ4n) is 14.5. The second-order valence-corrected chi connectivity index (χ2v) is 27.8. The van der Waals surface area contributed by atoms with Crippen LogP contribution in [0.1, 0.15) is 0 Å². The maximum atomic E-state index is 16.1. The first kappa shape index (κ1) is 54.7. The molecule has 0 fully saturated rings. The molecule has 0 unspecified atom stereocenters. The molecule has 0 atom stereocenters. The van der Waals surface area contributed by atoms with Crippen LogP contribution in [0.25, 0.3) is 163 Å². The van der Waals surface area contributed by atoms with Gasteiger partial charge in [-0.15, -0.1) is 0 Å². The minimum Gasteiger partial charge on any atom is -0.309 e. The minimum atomic E-state index is -3.35. The summed E-state index contributed by atoms with van der Waals surface area (Å²) < 4.78 is 17.2. The van der Waals surface area contributed by atoms with Crippen molar-refractivity contribution >= 4 is 169 Å². The van der Waals surface area contributed by atoms with Gasteiger partial charge in [-0.2, -0.15) is 0 Å². The van der Waals surface area contributed by atoms with Crippen molar-refractivity contribution in [1.29, 1.82) is 0 Å². The maximum absolute atomic E-state index is 16.1. The summed E-state index contributed by atoms with van der Waals surface area (Å²) >= 11 is 3.57. The van der Waals surface area contributed by atoms with E-state index in [-0.39, 0.29) is 0 Å². The maximum Gasteiger partial charge on any atom is 0.171 e. The molecule has 0 spiro atoms. The highest BCUT2D eigenvalue weighted by Crippen LogP contribution is 2.47. The van der Waals surface area contributed by atoms with Gasteiger partial charge in [-0.25, -0.2) is 15.0 Å². The average Bonchev–Trinajstić information content (AvgIpc) is 0.765. The summed E-state index contributed by atoms with van der Waals surface area (Å²) in [7, 11) is -3.35.